The van der Waals surface area contributed by atoms with Crippen LogP contribution in [-0.4, -0.2) is 61.7 Å². The third kappa shape index (κ3) is 8.80. The van der Waals surface area contributed by atoms with E-state index in [1.165, 1.54) is 45.6 Å². The Morgan fingerprint density at radius 3 is 1.90 bits per heavy atom. The molecule has 0 bridgehead atoms. The van der Waals surface area contributed by atoms with Crippen LogP contribution < -0.4 is 5.32 Å². The second kappa shape index (κ2) is 11.4. The molecule has 0 spiro atoms. The van der Waals surface area contributed by atoms with E-state index in [1.807, 2.05) is 0 Å². The first-order valence-corrected chi connectivity index (χ1v) is 9.09. The van der Waals surface area contributed by atoms with Gasteiger partial charge in [-0.2, -0.15) is 0 Å². The van der Waals surface area contributed by atoms with Gasteiger partial charge in [0.25, 0.3) is 0 Å². The van der Waals surface area contributed by atoms with Crippen LogP contribution in [0.1, 0.15) is 61.3 Å². The zero-order valence-corrected chi connectivity index (χ0v) is 15.8. The molecule has 21 heavy (non-hydrogen) atoms. The molecule has 0 heterocycles. The largest absolute Gasteiger partial charge is 0.314 e. The van der Waals surface area contributed by atoms with E-state index in [9.17, 15) is 0 Å². The number of nitrogens with zero attached hydrogens (tertiary/aromatic N) is 2. The van der Waals surface area contributed by atoms with Gasteiger partial charge in [0.05, 0.1) is 0 Å². The van der Waals surface area contributed by atoms with Crippen LogP contribution in [0.5, 0.6) is 0 Å². The van der Waals surface area contributed by atoms with Crippen LogP contribution in [0.2, 0.25) is 0 Å². The fraction of sp³-hybridized carbons (Fsp3) is 1.00. The summed E-state index contributed by atoms with van der Waals surface area (Å²) in [4.78, 5) is 5.14. The van der Waals surface area contributed by atoms with Gasteiger partial charge in [-0.15, -0.1) is 0 Å². The van der Waals surface area contributed by atoms with Gasteiger partial charge >= 0.3 is 0 Å². The molecule has 1 atom stereocenters. The molecule has 0 aliphatic heterocycles. The van der Waals surface area contributed by atoms with Gasteiger partial charge in [0, 0.05) is 12.6 Å². The molecule has 128 valence electrons. The highest BCUT2D eigenvalue weighted by atomic mass is 15.1. The average Bonchev–Trinajstić information content (AvgIpc) is 2.47. The lowest BCUT2D eigenvalue weighted by Gasteiger charge is -2.37. The van der Waals surface area contributed by atoms with Crippen molar-refractivity contribution in [2.45, 2.75) is 67.3 Å². The van der Waals surface area contributed by atoms with Crippen LogP contribution in [-0.2, 0) is 0 Å². The average molecular weight is 300 g/mol. The van der Waals surface area contributed by atoms with Crippen molar-refractivity contribution in [3.63, 3.8) is 0 Å². The normalized spacial score (nSPS) is 14.1. The summed E-state index contributed by atoms with van der Waals surface area (Å²) in [5.74, 6) is 0. The summed E-state index contributed by atoms with van der Waals surface area (Å²) in [6, 6.07) is 0.564. The van der Waals surface area contributed by atoms with E-state index < -0.39 is 0 Å². The van der Waals surface area contributed by atoms with Crippen molar-refractivity contribution in [1.82, 2.24) is 15.1 Å². The Morgan fingerprint density at radius 2 is 1.43 bits per heavy atom. The SMILES string of the molecule is CCCNC(C)C(C)(C)CN(CC)CCCN(CC)CC. The Morgan fingerprint density at radius 1 is 0.905 bits per heavy atom. The minimum atomic E-state index is 0.320. The van der Waals surface area contributed by atoms with Crippen LogP contribution >= 0.6 is 0 Å². The Labute approximate surface area is 134 Å². The Bertz CT molecular complexity index is 237. The van der Waals surface area contributed by atoms with Crippen LogP contribution in [0.25, 0.3) is 0 Å². The van der Waals surface area contributed by atoms with Gasteiger partial charge in [0.1, 0.15) is 0 Å². The molecule has 0 aliphatic carbocycles. The van der Waals surface area contributed by atoms with Crippen molar-refractivity contribution < 1.29 is 0 Å². The number of nitrogens with one attached hydrogen (secondary N) is 1. The molecule has 0 saturated carbocycles. The summed E-state index contributed by atoms with van der Waals surface area (Å²) in [6.45, 7) is 24.4. The molecular weight excluding hydrogens is 258 g/mol. The summed E-state index contributed by atoms with van der Waals surface area (Å²) in [5.41, 5.74) is 0.320. The Hall–Kier alpha value is -0.120. The first-order valence-electron chi connectivity index (χ1n) is 9.09. The van der Waals surface area contributed by atoms with Crippen molar-refractivity contribution in [2.24, 2.45) is 5.41 Å². The van der Waals surface area contributed by atoms with Crippen LogP contribution in [0.15, 0.2) is 0 Å². The summed E-state index contributed by atoms with van der Waals surface area (Å²) in [5, 5.41) is 3.66. The highest BCUT2D eigenvalue weighted by molar-refractivity contribution is 4.83. The topological polar surface area (TPSA) is 18.5 Å². The molecule has 3 nitrogen and oxygen atoms in total. The predicted octanol–water partition coefficient (Wildman–Crippen LogP) is 3.45. The monoisotopic (exact) mass is 299 g/mol. The molecule has 0 aromatic heterocycles. The quantitative estimate of drug-likeness (QED) is 0.562. The van der Waals surface area contributed by atoms with Gasteiger partial charge in [-0.05, 0) is 64.4 Å². The van der Waals surface area contributed by atoms with Gasteiger partial charge in [0.15, 0.2) is 0 Å². The van der Waals surface area contributed by atoms with E-state index in [4.69, 9.17) is 0 Å². The summed E-state index contributed by atoms with van der Waals surface area (Å²) in [7, 11) is 0. The molecule has 0 fully saturated rings. The molecule has 3 heteroatoms. The van der Waals surface area contributed by atoms with E-state index in [0.717, 1.165) is 13.1 Å². The Kier molecular flexibility index (Phi) is 11.4. The maximum Gasteiger partial charge on any atom is 0.0102 e. The maximum atomic E-state index is 3.66. The minimum absolute atomic E-state index is 0.320. The van der Waals surface area contributed by atoms with E-state index in [1.54, 1.807) is 0 Å². The molecule has 1 N–H and O–H groups in total. The molecule has 1 unspecified atom stereocenters. The highest BCUT2D eigenvalue weighted by Crippen LogP contribution is 2.22. The molecule has 0 radical (unpaired) electrons. The summed E-state index contributed by atoms with van der Waals surface area (Å²) in [6.07, 6.45) is 2.49. The zero-order chi connectivity index (χ0) is 16.3. The van der Waals surface area contributed by atoms with Gasteiger partial charge in [-0.25, -0.2) is 0 Å². The molecular formula is C18H41N3. The molecule has 0 aliphatic rings. The van der Waals surface area contributed by atoms with Crippen LogP contribution in [0.3, 0.4) is 0 Å². The number of hydrogen-bond acceptors (Lipinski definition) is 3. The van der Waals surface area contributed by atoms with E-state index in [-0.39, 0.29) is 0 Å². The Balaban J connectivity index is 4.21. The van der Waals surface area contributed by atoms with Crippen molar-refractivity contribution in [1.29, 1.82) is 0 Å². The number of rotatable bonds is 13. The lowest BCUT2D eigenvalue weighted by Crippen LogP contribution is -2.47. The summed E-state index contributed by atoms with van der Waals surface area (Å²) < 4.78 is 0. The lowest BCUT2D eigenvalue weighted by atomic mass is 9.84. The van der Waals surface area contributed by atoms with Crippen molar-refractivity contribution in [3.8, 4) is 0 Å². The minimum Gasteiger partial charge on any atom is -0.314 e. The molecule has 0 rings (SSSR count). The van der Waals surface area contributed by atoms with Gasteiger partial charge < -0.3 is 15.1 Å². The highest BCUT2D eigenvalue weighted by Gasteiger charge is 2.27. The molecule has 0 saturated heterocycles. The summed E-state index contributed by atoms with van der Waals surface area (Å²) >= 11 is 0. The molecule has 0 aromatic carbocycles. The second-order valence-electron chi connectivity index (χ2n) is 6.91. The van der Waals surface area contributed by atoms with Crippen molar-refractivity contribution in [2.75, 3.05) is 45.8 Å². The second-order valence-corrected chi connectivity index (χ2v) is 6.91. The van der Waals surface area contributed by atoms with Gasteiger partial charge in [-0.3, -0.25) is 0 Å². The predicted molar refractivity (Wildman–Crippen MR) is 96.1 cm³/mol. The number of hydrogen-bond donors (Lipinski definition) is 1. The zero-order valence-electron chi connectivity index (χ0n) is 15.8. The standard InChI is InChI=1S/C18H41N3/c1-8-13-19-17(5)18(6,7)16-21(11-4)15-12-14-20(9-2)10-3/h17,19H,8-16H2,1-7H3. The van der Waals surface area contributed by atoms with Gasteiger partial charge in [-0.1, -0.05) is 41.5 Å². The van der Waals surface area contributed by atoms with Crippen LogP contribution in [0.4, 0.5) is 0 Å². The molecule has 0 amide bonds. The van der Waals surface area contributed by atoms with Crippen LogP contribution in [0, 0.1) is 5.41 Å². The van der Waals surface area contributed by atoms with Crippen molar-refractivity contribution >= 4 is 0 Å². The van der Waals surface area contributed by atoms with E-state index >= 15 is 0 Å². The van der Waals surface area contributed by atoms with Crippen molar-refractivity contribution in [3.05, 3.63) is 0 Å². The third-order valence-corrected chi connectivity index (χ3v) is 4.79. The van der Waals surface area contributed by atoms with Gasteiger partial charge in [0.2, 0.25) is 0 Å². The lowest BCUT2D eigenvalue weighted by molar-refractivity contribution is 0.141. The fourth-order valence-electron chi connectivity index (χ4n) is 2.76. The first-order chi connectivity index (χ1) is 9.91. The smallest absolute Gasteiger partial charge is 0.0102 e. The molecule has 0 aromatic rings. The van der Waals surface area contributed by atoms with E-state index in [2.05, 4.69) is 63.6 Å². The maximum absolute atomic E-state index is 3.66. The van der Waals surface area contributed by atoms with E-state index in [0.29, 0.717) is 11.5 Å². The third-order valence-electron chi connectivity index (χ3n) is 4.79. The first kappa shape index (κ1) is 20.9. The fourth-order valence-corrected chi connectivity index (χ4v) is 2.76.